The number of ether oxygens (including phenoxy) is 2. The largest absolute Gasteiger partial charge is 0.496 e. The second-order valence-corrected chi connectivity index (χ2v) is 2.55. The van der Waals surface area contributed by atoms with Crippen molar-refractivity contribution in [3.05, 3.63) is 23.5 Å². The fourth-order valence-electron chi connectivity index (χ4n) is 1.08. The Hall–Kier alpha value is -1.58. The quantitative estimate of drug-likeness (QED) is 0.463. The third-order valence-electron chi connectivity index (χ3n) is 1.69. The van der Waals surface area contributed by atoms with E-state index in [1.165, 1.54) is 26.4 Å². The Balaban J connectivity index is 2.83. The maximum Gasteiger partial charge on any atom is 0.330 e. The first-order chi connectivity index (χ1) is 6.17. The van der Waals surface area contributed by atoms with E-state index in [0.717, 1.165) is 0 Å². The van der Waals surface area contributed by atoms with Crippen LogP contribution in [0.2, 0.25) is 0 Å². The maximum absolute atomic E-state index is 10.9. The molecule has 0 saturated carbocycles. The summed E-state index contributed by atoms with van der Waals surface area (Å²) in [7, 11) is 2.74. The van der Waals surface area contributed by atoms with Crippen LogP contribution in [0.1, 0.15) is 6.42 Å². The Morgan fingerprint density at radius 3 is 2.77 bits per heavy atom. The van der Waals surface area contributed by atoms with Crippen LogP contribution in [-0.2, 0) is 19.1 Å². The molecule has 0 saturated heterocycles. The van der Waals surface area contributed by atoms with Crippen molar-refractivity contribution in [3.8, 4) is 0 Å². The van der Waals surface area contributed by atoms with Gasteiger partial charge in [0.1, 0.15) is 5.76 Å². The van der Waals surface area contributed by atoms with Crippen LogP contribution in [0.4, 0.5) is 0 Å². The van der Waals surface area contributed by atoms with Crippen molar-refractivity contribution in [2.45, 2.75) is 6.42 Å². The van der Waals surface area contributed by atoms with Crippen molar-refractivity contribution in [2.24, 2.45) is 0 Å². The average Bonchev–Trinajstić information content (AvgIpc) is 2.46. The van der Waals surface area contributed by atoms with E-state index < -0.39 is 5.97 Å². The van der Waals surface area contributed by atoms with Crippen LogP contribution in [0.5, 0.6) is 0 Å². The fraction of sp³-hybridized carbons (Fsp3) is 0.333. The predicted molar refractivity (Wildman–Crippen MR) is 44.8 cm³/mol. The lowest BCUT2D eigenvalue weighted by Crippen LogP contribution is -1.98. The average molecular weight is 182 g/mol. The van der Waals surface area contributed by atoms with Crippen LogP contribution >= 0.6 is 0 Å². The van der Waals surface area contributed by atoms with Crippen LogP contribution in [0.15, 0.2) is 23.5 Å². The van der Waals surface area contributed by atoms with Gasteiger partial charge in [0, 0.05) is 24.1 Å². The highest BCUT2D eigenvalue weighted by atomic mass is 16.5. The highest BCUT2D eigenvalue weighted by Crippen LogP contribution is 2.22. The molecule has 13 heavy (non-hydrogen) atoms. The molecule has 0 radical (unpaired) electrons. The lowest BCUT2D eigenvalue weighted by molar-refractivity contribution is -0.134. The van der Waals surface area contributed by atoms with Gasteiger partial charge in [0.15, 0.2) is 5.78 Å². The van der Waals surface area contributed by atoms with Crippen molar-refractivity contribution in [1.29, 1.82) is 0 Å². The van der Waals surface area contributed by atoms with E-state index in [1.54, 1.807) is 0 Å². The molecule has 70 valence electrons. The highest BCUT2D eigenvalue weighted by molar-refractivity contribution is 5.98. The molecular weight excluding hydrogens is 172 g/mol. The SMILES string of the molecule is COC(=O)/C=C1\CC(=O)C=C1OC. The van der Waals surface area contributed by atoms with Gasteiger partial charge in [-0.15, -0.1) is 0 Å². The third kappa shape index (κ3) is 2.18. The van der Waals surface area contributed by atoms with Crippen molar-refractivity contribution in [2.75, 3.05) is 14.2 Å². The van der Waals surface area contributed by atoms with E-state index in [0.29, 0.717) is 11.3 Å². The van der Waals surface area contributed by atoms with Gasteiger partial charge in [-0.25, -0.2) is 4.79 Å². The molecule has 0 aromatic carbocycles. The van der Waals surface area contributed by atoms with Crippen LogP contribution in [-0.4, -0.2) is 26.0 Å². The fourth-order valence-corrected chi connectivity index (χ4v) is 1.08. The number of esters is 1. The molecule has 4 heteroatoms. The summed E-state index contributed by atoms with van der Waals surface area (Å²) >= 11 is 0. The van der Waals surface area contributed by atoms with Gasteiger partial charge in [-0.05, 0) is 0 Å². The van der Waals surface area contributed by atoms with Crippen LogP contribution in [0.25, 0.3) is 0 Å². The minimum Gasteiger partial charge on any atom is -0.496 e. The molecule has 0 heterocycles. The second kappa shape index (κ2) is 3.89. The molecule has 0 spiro atoms. The van der Waals surface area contributed by atoms with E-state index in [1.807, 2.05) is 0 Å². The van der Waals surface area contributed by atoms with Crippen LogP contribution in [0.3, 0.4) is 0 Å². The number of ketones is 1. The van der Waals surface area contributed by atoms with Crippen molar-refractivity contribution < 1.29 is 19.1 Å². The smallest absolute Gasteiger partial charge is 0.330 e. The van der Waals surface area contributed by atoms with Gasteiger partial charge in [0.05, 0.1) is 14.2 Å². The minimum absolute atomic E-state index is 0.0630. The van der Waals surface area contributed by atoms with Crippen molar-refractivity contribution in [1.82, 2.24) is 0 Å². The van der Waals surface area contributed by atoms with Gasteiger partial charge >= 0.3 is 5.97 Å². The van der Waals surface area contributed by atoms with Crippen molar-refractivity contribution in [3.63, 3.8) is 0 Å². The summed E-state index contributed by atoms with van der Waals surface area (Å²) in [5.41, 5.74) is 0.569. The van der Waals surface area contributed by atoms with Gasteiger partial charge in [-0.3, -0.25) is 4.79 Å². The lowest BCUT2D eigenvalue weighted by Gasteiger charge is -2.01. The molecule has 0 aliphatic heterocycles. The maximum atomic E-state index is 10.9. The zero-order chi connectivity index (χ0) is 9.84. The Morgan fingerprint density at radius 1 is 1.54 bits per heavy atom. The molecule has 0 unspecified atom stereocenters. The van der Waals surface area contributed by atoms with Gasteiger partial charge in [-0.2, -0.15) is 0 Å². The number of carbonyl (C=O) groups is 2. The molecule has 0 aromatic heterocycles. The summed E-state index contributed by atoms with van der Waals surface area (Å²) < 4.78 is 9.33. The normalized spacial score (nSPS) is 18.8. The molecule has 0 fully saturated rings. The summed E-state index contributed by atoms with van der Waals surface area (Å²) in [5.74, 6) is -0.102. The zero-order valence-corrected chi connectivity index (χ0v) is 7.49. The summed E-state index contributed by atoms with van der Waals surface area (Å²) in [6.45, 7) is 0. The lowest BCUT2D eigenvalue weighted by atomic mass is 10.2. The van der Waals surface area contributed by atoms with Crippen LogP contribution < -0.4 is 0 Å². The van der Waals surface area contributed by atoms with Gasteiger partial charge in [-0.1, -0.05) is 0 Å². The van der Waals surface area contributed by atoms with Gasteiger partial charge in [0.2, 0.25) is 0 Å². The Morgan fingerprint density at radius 2 is 2.23 bits per heavy atom. The number of hydrogen-bond donors (Lipinski definition) is 0. The molecule has 4 nitrogen and oxygen atoms in total. The van der Waals surface area contributed by atoms with E-state index in [9.17, 15) is 9.59 Å². The summed E-state index contributed by atoms with van der Waals surface area (Å²) in [5, 5.41) is 0. The molecular formula is C9H10O4. The highest BCUT2D eigenvalue weighted by Gasteiger charge is 2.19. The predicted octanol–water partition coefficient (Wildman–Crippen LogP) is 0.589. The molecule has 0 atom stereocenters. The minimum atomic E-state index is -0.479. The Bertz CT molecular complexity index is 299. The first kappa shape index (κ1) is 9.51. The number of methoxy groups -OCH3 is 2. The summed E-state index contributed by atoms with van der Waals surface area (Å²) in [4.78, 5) is 21.8. The number of allylic oxidation sites excluding steroid dienone is 2. The first-order valence-electron chi connectivity index (χ1n) is 3.74. The second-order valence-electron chi connectivity index (χ2n) is 2.55. The molecule has 1 aliphatic carbocycles. The van der Waals surface area contributed by atoms with E-state index in [-0.39, 0.29) is 12.2 Å². The number of hydrogen-bond acceptors (Lipinski definition) is 4. The first-order valence-corrected chi connectivity index (χ1v) is 3.74. The van der Waals surface area contributed by atoms with Crippen molar-refractivity contribution >= 4 is 11.8 Å². The zero-order valence-electron chi connectivity index (χ0n) is 7.49. The molecule has 0 N–H and O–H groups in total. The van der Waals surface area contributed by atoms with Crippen LogP contribution in [0, 0.1) is 0 Å². The molecule has 1 rings (SSSR count). The van der Waals surface area contributed by atoms with E-state index in [2.05, 4.69) is 4.74 Å². The molecule has 0 bridgehead atoms. The number of carbonyl (C=O) groups excluding carboxylic acids is 2. The topological polar surface area (TPSA) is 52.6 Å². The van der Waals surface area contributed by atoms with Gasteiger partial charge in [0.25, 0.3) is 0 Å². The summed E-state index contributed by atoms with van der Waals surface area (Å²) in [6, 6.07) is 0. The Kier molecular flexibility index (Phi) is 2.84. The standard InChI is InChI=1S/C9H10O4/c1-12-8-5-7(10)3-6(8)4-9(11)13-2/h4-5H,3H2,1-2H3/b6-4+. The number of rotatable bonds is 2. The molecule has 0 aromatic rings. The van der Waals surface area contributed by atoms with Gasteiger partial charge < -0.3 is 9.47 Å². The third-order valence-corrected chi connectivity index (χ3v) is 1.69. The van der Waals surface area contributed by atoms with E-state index in [4.69, 9.17) is 4.74 Å². The monoisotopic (exact) mass is 182 g/mol. The molecule has 0 amide bonds. The Labute approximate surface area is 75.8 Å². The molecule has 1 aliphatic rings. The summed E-state index contributed by atoms with van der Waals surface area (Å²) in [6.07, 6.45) is 2.84. The van der Waals surface area contributed by atoms with E-state index >= 15 is 0 Å².